The van der Waals surface area contributed by atoms with E-state index in [4.69, 9.17) is 4.74 Å². The van der Waals surface area contributed by atoms with E-state index in [-0.39, 0.29) is 5.69 Å². The van der Waals surface area contributed by atoms with Crippen LogP contribution in [-0.4, -0.2) is 16.8 Å². The van der Waals surface area contributed by atoms with Crippen LogP contribution in [0.2, 0.25) is 0 Å². The highest BCUT2D eigenvalue weighted by atomic mass is 19.1. The van der Waals surface area contributed by atoms with Gasteiger partial charge in [0.15, 0.2) is 0 Å². The fourth-order valence-corrected chi connectivity index (χ4v) is 1.73. The van der Waals surface area contributed by atoms with Gasteiger partial charge in [-0.2, -0.15) is 0 Å². The number of benzene rings is 1. The van der Waals surface area contributed by atoms with E-state index in [0.29, 0.717) is 18.4 Å². The van der Waals surface area contributed by atoms with Crippen LogP contribution in [0.15, 0.2) is 18.2 Å². The Morgan fingerprint density at radius 3 is 2.58 bits per heavy atom. The number of anilines is 1. The summed E-state index contributed by atoms with van der Waals surface area (Å²) in [6, 6.07) is 4.22. The Labute approximate surface area is 111 Å². The van der Waals surface area contributed by atoms with E-state index >= 15 is 0 Å². The molecule has 0 heterocycles. The molecule has 0 aliphatic heterocycles. The second kappa shape index (κ2) is 4.49. The highest BCUT2D eigenvalue weighted by molar-refractivity contribution is 5.85. The van der Waals surface area contributed by atoms with E-state index in [1.54, 1.807) is 20.8 Å². The van der Waals surface area contributed by atoms with Crippen LogP contribution in [0.1, 0.15) is 39.2 Å². The van der Waals surface area contributed by atoms with E-state index in [0.717, 1.165) is 0 Å². The highest BCUT2D eigenvalue weighted by Gasteiger charge is 2.42. The minimum Gasteiger partial charge on any atom is -0.444 e. The van der Waals surface area contributed by atoms with E-state index in [1.165, 1.54) is 18.2 Å². The zero-order valence-corrected chi connectivity index (χ0v) is 11.3. The summed E-state index contributed by atoms with van der Waals surface area (Å²) in [4.78, 5) is 11.6. The van der Waals surface area contributed by atoms with Crippen molar-refractivity contribution in [1.82, 2.24) is 0 Å². The second-order valence-electron chi connectivity index (χ2n) is 5.85. The van der Waals surface area contributed by atoms with Crippen molar-refractivity contribution in [3.8, 4) is 0 Å². The zero-order chi connectivity index (χ0) is 14.3. The van der Waals surface area contributed by atoms with Gasteiger partial charge in [-0.1, -0.05) is 6.07 Å². The molecule has 19 heavy (non-hydrogen) atoms. The van der Waals surface area contributed by atoms with Crippen molar-refractivity contribution in [2.24, 2.45) is 0 Å². The molecular formula is C14H18FNO3. The molecule has 1 aliphatic carbocycles. The van der Waals surface area contributed by atoms with Gasteiger partial charge >= 0.3 is 6.09 Å². The zero-order valence-electron chi connectivity index (χ0n) is 11.3. The van der Waals surface area contributed by atoms with Crippen LogP contribution in [0.5, 0.6) is 0 Å². The quantitative estimate of drug-likeness (QED) is 0.865. The number of halogens is 1. The number of amides is 1. The Hall–Kier alpha value is -1.62. The molecule has 0 unspecified atom stereocenters. The molecule has 1 aromatic carbocycles. The normalized spacial score (nSPS) is 16.9. The first-order chi connectivity index (χ1) is 8.70. The van der Waals surface area contributed by atoms with Gasteiger partial charge in [-0.05, 0) is 51.3 Å². The lowest BCUT2D eigenvalue weighted by Gasteiger charge is -2.20. The molecule has 0 radical (unpaired) electrons. The Morgan fingerprint density at radius 1 is 1.42 bits per heavy atom. The maximum Gasteiger partial charge on any atom is 0.412 e. The molecule has 1 aromatic rings. The molecule has 0 aromatic heterocycles. The molecule has 0 atom stereocenters. The smallest absolute Gasteiger partial charge is 0.412 e. The fourth-order valence-electron chi connectivity index (χ4n) is 1.73. The second-order valence-corrected chi connectivity index (χ2v) is 5.85. The molecule has 1 amide bonds. The Balaban J connectivity index is 2.13. The number of carbonyl (C=O) groups is 1. The standard InChI is InChI=1S/C14H18FNO3/c1-13(2,3)19-12(17)16-11-8-9(4-5-10(11)15)14(18)6-7-14/h4-5,8,18H,6-7H2,1-3H3,(H,16,17). The minimum absolute atomic E-state index is 0.0204. The summed E-state index contributed by atoms with van der Waals surface area (Å²) >= 11 is 0. The third-order valence-electron chi connectivity index (χ3n) is 2.86. The van der Waals surface area contributed by atoms with Crippen molar-refractivity contribution in [1.29, 1.82) is 0 Å². The van der Waals surface area contributed by atoms with E-state index in [2.05, 4.69) is 5.32 Å². The number of carbonyl (C=O) groups excluding carboxylic acids is 1. The lowest BCUT2D eigenvalue weighted by Crippen LogP contribution is -2.27. The van der Waals surface area contributed by atoms with Crippen LogP contribution in [0.25, 0.3) is 0 Å². The van der Waals surface area contributed by atoms with Crippen molar-refractivity contribution in [2.75, 3.05) is 5.32 Å². The number of hydrogen-bond donors (Lipinski definition) is 2. The van der Waals surface area contributed by atoms with Gasteiger partial charge in [0.1, 0.15) is 11.4 Å². The van der Waals surface area contributed by atoms with Gasteiger partial charge in [-0.3, -0.25) is 5.32 Å². The highest BCUT2D eigenvalue weighted by Crippen LogP contribution is 2.45. The van der Waals surface area contributed by atoms with Crippen LogP contribution in [0.4, 0.5) is 14.9 Å². The topological polar surface area (TPSA) is 58.6 Å². The van der Waals surface area contributed by atoms with Gasteiger partial charge in [-0.25, -0.2) is 9.18 Å². The average Bonchev–Trinajstić information content (AvgIpc) is 2.98. The number of aliphatic hydroxyl groups is 1. The predicted octanol–water partition coefficient (Wildman–Crippen LogP) is 3.15. The van der Waals surface area contributed by atoms with Gasteiger partial charge in [0.2, 0.25) is 0 Å². The van der Waals surface area contributed by atoms with Gasteiger partial charge in [0, 0.05) is 0 Å². The molecule has 0 spiro atoms. The third-order valence-corrected chi connectivity index (χ3v) is 2.86. The SMILES string of the molecule is CC(C)(C)OC(=O)Nc1cc(C2(O)CC2)ccc1F. The summed E-state index contributed by atoms with van der Waals surface area (Å²) in [6.07, 6.45) is 0.598. The predicted molar refractivity (Wildman–Crippen MR) is 69.4 cm³/mol. The first kappa shape index (κ1) is 13.8. The molecule has 104 valence electrons. The van der Waals surface area contributed by atoms with Crippen molar-refractivity contribution in [3.05, 3.63) is 29.6 Å². The molecule has 1 fully saturated rings. The lowest BCUT2D eigenvalue weighted by molar-refractivity contribution is 0.0635. The minimum atomic E-state index is -0.863. The molecule has 4 nitrogen and oxygen atoms in total. The summed E-state index contributed by atoms with van der Waals surface area (Å²) in [5, 5.41) is 12.3. The first-order valence-electron chi connectivity index (χ1n) is 6.22. The number of rotatable bonds is 2. The van der Waals surface area contributed by atoms with E-state index in [1.807, 2.05) is 0 Å². The summed E-state index contributed by atoms with van der Waals surface area (Å²) in [7, 11) is 0. The molecule has 1 saturated carbocycles. The van der Waals surface area contributed by atoms with Crippen molar-refractivity contribution < 1.29 is 19.0 Å². The Bertz CT molecular complexity index is 504. The van der Waals surface area contributed by atoms with Crippen LogP contribution >= 0.6 is 0 Å². The average molecular weight is 267 g/mol. The van der Waals surface area contributed by atoms with E-state index in [9.17, 15) is 14.3 Å². The molecule has 0 saturated heterocycles. The lowest BCUT2D eigenvalue weighted by atomic mass is 10.1. The summed E-state index contributed by atoms with van der Waals surface area (Å²) < 4.78 is 18.7. The first-order valence-corrected chi connectivity index (χ1v) is 6.22. The molecule has 2 rings (SSSR count). The summed E-state index contributed by atoms with van der Waals surface area (Å²) in [6.45, 7) is 5.19. The maximum absolute atomic E-state index is 13.6. The fraction of sp³-hybridized carbons (Fsp3) is 0.500. The number of ether oxygens (including phenoxy) is 1. The van der Waals surface area contributed by atoms with Gasteiger partial charge < -0.3 is 9.84 Å². The molecule has 5 heteroatoms. The van der Waals surface area contributed by atoms with Crippen LogP contribution in [0.3, 0.4) is 0 Å². The molecular weight excluding hydrogens is 249 g/mol. The molecule has 0 bridgehead atoms. The van der Waals surface area contributed by atoms with Crippen LogP contribution in [0, 0.1) is 5.82 Å². The summed E-state index contributed by atoms with van der Waals surface area (Å²) in [5.41, 5.74) is -0.877. The van der Waals surface area contributed by atoms with Gasteiger partial charge in [0.25, 0.3) is 0 Å². The summed E-state index contributed by atoms with van der Waals surface area (Å²) in [5.74, 6) is -0.557. The number of hydrogen-bond acceptors (Lipinski definition) is 3. The third kappa shape index (κ3) is 3.44. The molecule has 2 N–H and O–H groups in total. The van der Waals surface area contributed by atoms with Crippen LogP contribution < -0.4 is 5.32 Å². The molecule has 1 aliphatic rings. The van der Waals surface area contributed by atoms with E-state index < -0.39 is 23.1 Å². The largest absolute Gasteiger partial charge is 0.444 e. The Kier molecular flexibility index (Phi) is 3.26. The Morgan fingerprint density at radius 2 is 2.05 bits per heavy atom. The number of nitrogens with one attached hydrogen (secondary N) is 1. The van der Waals surface area contributed by atoms with Gasteiger partial charge in [-0.15, -0.1) is 0 Å². The van der Waals surface area contributed by atoms with Gasteiger partial charge in [0.05, 0.1) is 11.3 Å². The van der Waals surface area contributed by atoms with Crippen LogP contribution in [-0.2, 0) is 10.3 Å². The maximum atomic E-state index is 13.6. The van der Waals surface area contributed by atoms with Crippen molar-refractivity contribution in [2.45, 2.75) is 44.8 Å². The van der Waals surface area contributed by atoms with Crippen molar-refractivity contribution >= 4 is 11.8 Å². The van der Waals surface area contributed by atoms with Crippen molar-refractivity contribution in [3.63, 3.8) is 0 Å². The monoisotopic (exact) mass is 267 g/mol.